The summed E-state index contributed by atoms with van der Waals surface area (Å²) in [5, 5.41) is 0. The topological polar surface area (TPSA) is 9.23 Å². The fourth-order valence-corrected chi connectivity index (χ4v) is 0.516. The van der Waals surface area contributed by atoms with Gasteiger partial charge in [-0.25, -0.2) is 0 Å². The third-order valence-corrected chi connectivity index (χ3v) is 1.50. The first-order chi connectivity index (χ1) is 3.68. The molecule has 0 amide bonds. The van der Waals surface area contributed by atoms with E-state index in [0.29, 0.717) is 5.92 Å². The Balaban J connectivity index is 3.17. The Hall–Kier alpha value is 0.540. The average molecular weight is 157 g/mol. The summed E-state index contributed by atoms with van der Waals surface area (Å²) in [6, 6.07) is 0.173. The molecule has 0 aromatic rings. The average Bonchev–Trinajstić information content (AvgIpc) is 1.67. The van der Waals surface area contributed by atoms with Gasteiger partial charge in [-0.15, -0.1) is 0 Å². The van der Waals surface area contributed by atoms with Gasteiger partial charge in [-0.05, 0) is 5.92 Å². The van der Waals surface area contributed by atoms with E-state index in [1.807, 2.05) is 13.8 Å². The number of halogens is 2. The van der Waals surface area contributed by atoms with Gasteiger partial charge in [-0.2, -0.15) is 0 Å². The molecule has 0 saturated carbocycles. The Morgan fingerprint density at radius 1 is 1.50 bits per heavy atom. The quantitative estimate of drug-likeness (QED) is 0.571. The van der Waals surface area contributed by atoms with Crippen LogP contribution < -0.4 is 0 Å². The first kappa shape index (κ1) is 8.54. The summed E-state index contributed by atoms with van der Waals surface area (Å²) in [7, 11) is 0. The van der Waals surface area contributed by atoms with Crippen molar-refractivity contribution in [2.75, 3.05) is 6.07 Å². The molecular formula is C5H10Cl2O. The molecule has 0 aliphatic rings. The molecule has 1 atom stereocenters. The summed E-state index contributed by atoms with van der Waals surface area (Å²) in [6.07, 6.45) is 0. The lowest BCUT2D eigenvalue weighted by molar-refractivity contribution is 0.114. The highest BCUT2D eigenvalue weighted by atomic mass is 35.5. The fraction of sp³-hybridized carbons (Fsp3) is 1.00. The maximum Gasteiger partial charge on any atom is 0.135 e. The molecule has 0 aliphatic heterocycles. The molecule has 50 valence electrons. The van der Waals surface area contributed by atoms with Crippen molar-refractivity contribution in [2.24, 2.45) is 5.92 Å². The van der Waals surface area contributed by atoms with Crippen molar-refractivity contribution in [3.8, 4) is 0 Å². The van der Waals surface area contributed by atoms with Gasteiger partial charge in [0, 0.05) is 0 Å². The highest BCUT2D eigenvalue weighted by Crippen LogP contribution is 2.10. The van der Waals surface area contributed by atoms with Crippen LogP contribution in [0.4, 0.5) is 0 Å². The second-order valence-corrected chi connectivity index (χ2v) is 2.52. The molecule has 0 rings (SSSR count). The number of ether oxygens (including phenoxy) is 1. The Kier molecular flexibility index (Phi) is 4.72. The van der Waals surface area contributed by atoms with Gasteiger partial charge in [0.2, 0.25) is 0 Å². The molecule has 1 unspecified atom stereocenters. The summed E-state index contributed by atoms with van der Waals surface area (Å²) in [6.45, 7) is 3.95. The number of alkyl halides is 2. The molecule has 8 heavy (non-hydrogen) atoms. The largest absolute Gasteiger partial charge is 0.347 e. The van der Waals surface area contributed by atoms with E-state index in [9.17, 15) is 0 Å². The molecule has 0 saturated heterocycles. The van der Waals surface area contributed by atoms with Crippen molar-refractivity contribution in [2.45, 2.75) is 19.4 Å². The second-order valence-electron chi connectivity index (χ2n) is 1.87. The van der Waals surface area contributed by atoms with Gasteiger partial charge in [0.05, 0.1) is 0 Å². The number of hydrogen-bond acceptors (Lipinski definition) is 1. The van der Waals surface area contributed by atoms with Gasteiger partial charge in [0.25, 0.3) is 0 Å². The molecule has 0 aliphatic carbocycles. The van der Waals surface area contributed by atoms with Crippen molar-refractivity contribution in [1.82, 2.24) is 0 Å². The number of hydrogen-bond donors (Lipinski definition) is 0. The summed E-state index contributed by atoms with van der Waals surface area (Å²) in [5.41, 5.74) is -0.243. The minimum atomic E-state index is -0.243. The predicted molar refractivity (Wildman–Crippen MR) is 36.3 cm³/mol. The van der Waals surface area contributed by atoms with Gasteiger partial charge in [0.1, 0.15) is 11.6 Å². The van der Waals surface area contributed by atoms with Crippen LogP contribution >= 0.6 is 23.2 Å². The minimum Gasteiger partial charge on any atom is -0.347 e. The lowest BCUT2D eigenvalue weighted by Crippen LogP contribution is -2.10. The van der Waals surface area contributed by atoms with Crippen LogP contribution in [0.1, 0.15) is 13.8 Å². The highest BCUT2D eigenvalue weighted by Gasteiger charge is 2.07. The maximum absolute atomic E-state index is 5.61. The van der Waals surface area contributed by atoms with Crippen LogP contribution in [0.25, 0.3) is 0 Å². The van der Waals surface area contributed by atoms with E-state index in [4.69, 9.17) is 27.9 Å². The van der Waals surface area contributed by atoms with Crippen molar-refractivity contribution in [3.05, 3.63) is 0 Å². The fourth-order valence-electron chi connectivity index (χ4n) is 0.253. The SMILES string of the molecule is CC(C)C(Cl)OCCl. The Bertz CT molecular complexity index is 56.4. The van der Waals surface area contributed by atoms with Gasteiger partial charge in [-0.1, -0.05) is 37.0 Å². The van der Waals surface area contributed by atoms with E-state index in [-0.39, 0.29) is 11.6 Å². The molecule has 0 bridgehead atoms. The highest BCUT2D eigenvalue weighted by molar-refractivity contribution is 6.20. The zero-order valence-electron chi connectivity index (χ0n) is 5.03. The van der Waals surface area contributed by atoms with Crippen molar-refractivity contribution in [1.29, 1.82) is 0 Å². The second kappa shape index (κ2) is 4.42. The molecule has 0 aromatic carbocycles. The number of rotatable bonds is 3. The molecule has 0 aromatic heterocycles. The van der Waals surface area contributed by atoms with Gasteiger partial charge in [-0.3, -0.25) is 0 Å². The van der Waals surface area contributed by atoms with Crippen LogP contribution in [-0.2, 0) is 4.74 Å². The van der Waals surface area contributed by atoms with Crippen molar-refractivity contribution >= 4 is 23.2 Å². The summed E-state index contributed by atoms with van der Waals surface area (Å²) < 4.78 is 4.83. The lowest BCUT2D eigenvalue weighted by Gasteiger charge is -2.10. The molecular weight excluding hydrogens is 147 g/mol. The van der Waals surface area contributed by atoms with Crippen LogP contribution in [0.5, 0.6) is 0 Å². The van der Waals surface area contributed by atoms with Crippen LogP contribution in [0.2, 0.25) is 0 Å². The van der Waals surface area contributed by atoms with E-state index in [1.165, 1.54) is 0 Å². The molecule has 3 heteroatoms. The van der Waals surface area contributed by atoms with E-state index in [2.05, 4.69) is 0 Å². The Morgan fingerprint density at radius 2 is 2.00 bits per heavy atom. The zero-order valence-corrected chi connectivity index (χ0v) is 6.54. The minimum absolute atomic E-state index is 0.173. The molecule has 0 N–H and O–H groups in total. The van der Waals surface area contributed by atoms with E-state index in [0.717, 1.165) is 0 Å². The van der Waals surface area contributed by atoms with E-state index >= 15 is 0 Å². The summed E-state index contributed by atoms with van der Waals surface area (Å²) in [5.74, 6) is 0.329. The van der Waals surface area contributed by atoms with Crippen LogP contribution in [-0.4, -0.2) is 11.6 Å². The first-order valence-electron chi connectivity index (χ1n) is 2.50. The smallest absolute Gasteiger partial charge is 0.135 e. The monoisotopic (exact) mass is 156 g/mol. The maximum atomic E-state index is 5.61. The van der Waals surface area contributed by atoms with Crippen molar-refractivity contribution in [3.63, 3.8) is 0 Å². The predicted octanol–water partition coefficient (Wildman–Crippen LogP) is 2.42. The molecule has 0 heterocycles. The Labute approximate surface area is 59.9 Å². The normalized spacial score (nSPS) is 14.6. The Morgan fingerprint density at radius 3 is 2.12 bits per heavy atom. The molecule has 0 spiro atoms. The summed E-state index contributed by atoms with van der Waals surface area (Å²) >= 11 is 10.8. The zero-order chi connectivity index (χ0) is 6.57. The summed E-state index contributed by atoms with van der Waals surface area (Å²) in [4.78, 5) is 0. The van der Waals surface area contributed by atoms with E-state index < -0.39 is 0 Å². The van der Waals surface area contributed by atoms with Gasteiger partial charge < -0.3 is 4.74 Å². The standard InChI is InChI=1S/C5H10Cl2O/c1-4(2)5(7)8-3-6/h4-5H,3H2,1-2H3. The van der Waals surface area contributed by atoms with Crippen LogP contribution in [0.15, 0.2) is 0 Å². The molecule has 1 nitrogen and oxygen atoms in total. The van der Waals surface area contributed by atoms with Gasteiger partial charge in [0.15, 0.2) is 0 Å². The third-order valence-electron chi connectivity index (χ3n) is 0.746. The molecule has 0 radical (unpaired) electrons. The van der Waals surface area contributed by atoms with Crippen LogP contribution in [0, 0.1) is 5.92 Å². The van der Waals surface area contributed by atoms with Crippen LogP contribution in [0.3, 0.4) is 0 Å². The third kappa shape index (κ3) is 3.53. The first-order valence-corrected chi connectivity index (χ1v) is 3.47. The van der Waals surface area contributed by atoms with Crippen molar-refractivity contribution < 1.29 is 4.74 Å². The lowest BCUT2D eigenvalue weighted by atomic mass is 10.2. The molecule has 0 fully saturated rings. The van der Waals surface area contributed by atoms with E-state index in [1.54, 1.807) is 0 Å². The van der Waals surface area contributed by atoms with Gasteiger partial charge >= 0.3 is 0 Å².